The molecule has 14 heteroatoms. The summed E-state index contributed by atoms with van der Waals surface area (Å²) in [4.78, 5) is 58.5. The van der Waals surface area contributed by atoms with Gasteiger partial charge in [-0.05, 0) is 69.8 Å². The van der Waals surface area contributed by atoms with Gasteiger partial charge in [-0.25, -0.2) is 4.79 Å². The number of carbonyl (C=O) groups excluding carboxylic acids is 4. The Hall–Kier alpha value is -5.47. The lowest BCUT2D eigenvalue weighted by Gasteiger charge is -2.34. The highest BCUT2D eigenvalue weighted by Crippen LogP contribution is 2.34. The maximum Gasteiger partial charge on any atom is 0.436 e. The molecule has 4 heterocycles. The molecule has 1 aliphatic rings. The first-order valence-corrected chi connectivity index (χ1v) is 16.7. The van der Waals surface area contributed by atoms with E-state index >= 15 is 0 Å². The normalized spacial score (nSPS) is 13.7. The van der Waals surface area contributed by atoms with Crippen LogP contribution in [0, 0.1) is 0 Å². The molecule has 3 amide bonds. The van der Waals surface area contributed by atoms with Crippen molar-refractivity contribution in [3.63, 3.8) is 0 Å². The number of hydrogen-bond acceptors (Lipinski definition) is 10. The number of anilines is 3. The van der Waals surface area contributed by atoms with Crippen LogP contribution in [0.3, 0.4) is 0 Å². The second-order valence-corrected chi connectivity index (χ2v) is 13.2. The molecule has 1 saturated heterocycles. The maximum absolute atomic E-state index is 13.9. The molecule has 0 radical (unpaired) electrons. The van der Waals surface area contributed by atoms with Crippen molar-refractivity contribution < 1.29 is 28.3 Å². The average molecular weight is 684 g/mol. The van der Waals surface area contributed by atoms with Gasteiger partial charge < -0.3 is 34.9 Å². The first-order chi connectivity index (χ1) is 23.5. The number of nitrogens with one attached hydrogen (secondary N) is 3. The van der Waals surface area contributed by atoms with Crippen LogP contribution in [0.1, 0.15) is 56.9 Å². The van der Waals surface area contributed by atoms with Gasteiger partial charge in [0.1, 0.15) is 4.83 Å². The highest BCUT2D eigenvalue weighted by Gasteiger charge is 2.28. The van der Waals surface area contributed by atoms with E-state index in [1.165, 1.54) is 12.3 Å². The lowest BCUT2D eigenvalue weighted by Crippen LogP contribution is -2.44. The van der Waals surface area contributed by atoms with Gasteiger partial charge in [0.15, 0.2) is 11.6 Å². The van der Waals surface area contributed by atoms with E-state index in [2.05, 4.69) is 37.9 Å². The van der Waals surface area contributed by atoms with Gasteiger partial charge in [0, 0.05) is 31.9 Å². The lowest BCUT2D eigenvalue weighted by molar-refractivity contribution is 0.0914. The zero-order valence-electron chi connectivity index (χ0n) is 27.6. The Labute approximate surface area is 286 Å². The van der Waals surface area contributed by atoms with Crippen LogP contribution in [0.25, 0.3) is 10.2 Å². The number of hydrogen-bond donors (Lipinski definition) is 3. The largest absolute Gasteiger partial charge is 0.459 e. The molecule has 0 atom stereocenters. The highest BCUT2D eigenvalue weighted by molar-refractivity contribution is 7.20. The number of benzene rings is 2. The van der Waals surface area contributed by atoms with Gasteiger partial charge >= 0.3 is 6.09 Å². The topological polar surface area (TPSA) is 151 Å². The SMILES string of the molecule is CCOC(=O)n1nc(NC(=O)c2ccc(N3CCN(C)CC3)cc2NC(=O)c2ccco2)c2cc(C(=O)NC(C)(C)c3ccccc3)sc21. The number of likely N-dealkylation sites (N-methyl/N-ethyl adjacent to an activating group) is 1. The van der Waals surface area contributed by atoms with E-state index in [1.54, 1.807) is 31.2 Å². The van der Waals surface area contributed by atoms with Crippen molar-refractivity contribution >= 4 is 62.6 Å². The van der Waals surface area contributed by atoms with Crippen LogP contribution in [0.15, 0.2) is 77.4 Å². The first kappa shape index (κ1) is 33.4. The smallest absolute Gasteiger partial charge is 0.436 e. The quantitative estimate of drug-likeness (QED) is 0.180. The minimum atomic E-state index is -0.755. The average Bonchev–Trinajstić information content (AvgIpc) is 3.85. The van der Waals surface area contributed by atoms with Crippen LogP contribution in [0.4, 0.5) is 22.0 Å². The van der Waals surface area contributed by atoms with Gasteiger partial charge in [0.2, 0.25) is 0 Å². The number of rotatable bonds is 9. The molecule has 1 aliphatic heterocycles. The van der Waals surface area contributed by atoms with Gasteiger partial charge in [0.25, 0.3) is 17.7 Å². The summed E-state index contributed by atoms with van der Waals surface area (Å²) in [6, 6.07) is 19.5. The molecule has 0 unspecified atom stereocenters. The summed E-state index contributed by atoms with van der Waals surface area (Å²) in [6.45, 7) is 8.89. The number of ether oxygens (including phenoxy) is 1. The second kappa shape index (κ2) is 13.9. The van der Waals surface area contributed by atoms with E-state index < -0.39 is 23.4 Å². The molecular weight excluding hydrogens is 646 g/mol. The van der Waals surface area contributed by atoms with Crippen LogP contribution in [0.5, 0.6) is 0 Å². The van der Waals surface area contributed by atoms with Crippen molar-refractivity contribution in [2.45, 2.75) is 26.3 Å². The summed E-state index contributed by atoms with van der Waals surface area (Å²) in [5.41, 5.74) is 1.51. The minimum Gasteiger partial charge on any atom is -0.459 e. The molecule has 49 heavy (non-hydrogen) atoms. The number of aromatic nitrogens is 2. The number of nitrogens with zero attached hydrogens (tertiary/aromatic N) is 4. The van der Waals surface area contributed by atoms with Crippen molar-refractivity contribution in [3.05, 3.63) is 94.8 Å². The summed E-state index contributed by atoms with van der Waals surface area (Å²) in [6.07, 6.45) is 0.640. The third kappa shape index (κ3) is 7.20. The van der Waals surface area contributed by atoms with Crippen LogP contribution in [-0.4, -0.2) is 78.3 Å². The van der Waals surface area contributed by atoms with E-state index in [9.17, 15) is 19.2 Å². The number of amides is 3. The van der Waals surface area contributed by atoms with Gasteiger partial charge in [-0.1, -0.05) is 30.3 Å². The first-order valence-electron chi connectivity index (χ1n) is 15.9. The van der Waals surface area contributed by atoms with E-state index in [0.29, 0.717) is 15.1 Å². The van der Waals surface area contributed by atoms with Gasteiger partial charge in [0.05, 0.1) is 39.9 Å². The zero-order chi connectivity index (χ0) is 34.7. The Bertz CT molecular complexity index is 1990. The minimum absolute atomic E-state index is 0.0529. The van der Waals surface area contributed by atoms with Crippen LogP contribution in [0.2, 0.25) is 0 Å². The second-order valence-electron chi connectivity index (χ2n) is 12.1. The van der Waals surface area contributed by atoms with Crippen LogP contribution in [-0.2, 0) is 10.3 Å². The molecule has 254 valence electrons. The molecule has 0 spiro atoms. The Kier molecular flexibility index (Phi) is 9.51. The standard InChI is InChI=1S/C35H37N7O6S/c1-5-47-34(46)42-33-25(21-28(49-33)32(45)38-35(2,3)22-10-7-6-8-11-22)29(39-42)37-30(43)24-14-13-23(41-17-15-40(4)16-18-41)20-26(24)36-31(44)27-12-9-19-48-27/h6-14,19-21H,5,15-18H2,1-4H3,(H,36,44)(H,38,45)(H,37,39,43). The molecular formula is C35H37N7O6S. The van der Waals surface area contributed by atoms with Crippen molar-refractivity contribution in [2.24, 2.45) is 0 Å². The fourth-order valence-electron chi connectivity index (χ4n) is 5.55. The van der Waals surface area contributed by atoms with Crippen LogP contribution >= 0.6 is 11.3 Å². The van der Waals surface area contributed by atoms with E-state index in [-0.39, 0.29) is 35.3 Å². The third-order valence-electron chi connectivity index (χ3n) is 8.29. The Morgan fingerprint density at radius 3 is 2.37 bits per heavy atom. The molecule has 0 bridgehead atoms. The predicted molar refractivity (Wildman–Crippen MR) is 188 cm³/mol. The molecule has 3 N–H and O–H groups in total. The van der Waals surface area contributed by atoms with Crippen molar-refractivity contribution in [3.8, 4) is 0 Å². The summed E-state index contributed by atoms with van der Waals surface area (Å²) in [5, 5.41) is 13.4. The Morgan fingerprint density at radius 2 is 1.67 bits per heavy atom. The maximum atomic E-state index is 13.9. The highest BCUT2D eigenvalue weighted by atomic mass is 32.1. The molecule has 2 aromatic carbocycles. The van der Waals surface area contributed by atoms with Crippen molar-refractivity contribution in [1.29, 1.82) is 0 Å². The van der Waals surface area contributed by atoms with Gasteiger partial charge in [-0.15, -0.1) is 16.4 Å². The summed E-state index contributed by atoms with van der Waals surface area (Å²) >= 11 is 1.05. The number of piperazine rings is 1. The Morgan fingerprint density at radius 1 is 0.918 bits per heavy atom. The molecule has 1 fully saturated rings. The summed E-state index contributed by atoms with van der Waals surface area (Å²) in [5.74, 6) is -1.32. The number of furan rings is 1. The monoisotopic (exact) mass is 683 g/mol. The number of fused-ring (bicyclic) bond motifs is 1. The number of carbonyl (C=O) groups is 4. The molecule has 13 nitrogen and oxygen atoms in total. The fraction of sp³-hybridized carbons (Fsp3) is 0.286. The third-order valence-corrected chi connectivity index (χ3v) is 9.40. The molecule has 3 aromatic heterocycles. The van der Waals surface area contributed by atoms with E-state index in [1.807, 2.05) is 50.2 Å². The fourth-order valence-corrected chi connectivity index (χ4v) is 6.55. The van der Waals surface area contributed by atoms with Gasteiger partial charge in [-0.3, -0.25) is 14.4 Å². The molecule has 6 rings (SSSR count). The van der Waals surface area contributed by atoms with Crippen LogP contribution < -0.4 is 20.9 Å². The zero-order valence-corrected chi connectivity index (χ0v) is 28.4. The lowest BCUT2D eigenvalue weighted by atomic mass is 9.94. The van der Waals surface area contributed by atoms with Crippen molar-refractivity contribution in [2.75, 3.05) is 55.4 Å². The number of thiophene rings is 1. The molecule has 0 aliphatic carbocycles. The molecule has 0 saturated carbocycles. The van der Waals surface area contributed by atoms with E-state index in [0.717, 1.165) is 53.4 Å². The summed E-state index contributed by atoms with van der Waals surface area (Å²) < 4.78 is 11.5. The molecule has 5 aromatic rings. The summed E-state index contributed by atoms with van der Waals surface area (Å²) in [7, 11) is 2.06. The van der Waals surface area contributed by atoms with E-state index in [4.69, 9.17) is 9.15 Å². The van der Waals surface area contributed by atoms with Gasteiger partial charge in [-0.2, -0.15) is 4.68 Å². The van der Waals surface area contributed by atoms with Crippen molar-refractivity contribution in [1.82, 2.24) is 20.0 Å². The predicted octanol–water partition coefficient (Wildman–Crippen LogP) is 5.62. The Balaban J connectivity index is 1.32.